The highest BCUT2D eigenvalue weighted by atomic mass is 32.2. The molecule has 3 heterocycles. The van der Waals surface area contributed by atoms with Crippen LogP contribution in [-0.4, -0.2) is 55.7 Å². The zero-order valence-electron chi connectivity index (χ0n) is 19.5. The first-order valence-electron chi connectivity index (χ1n) is 11.6. The van der Waals surface area contributed by atoms with Crippen LogP contribution in [0.2, 0.25) is 0 Å². The molecule has 0 aliphatic carbocycles. The van der Waals surface area contributed by atoms with Gasteiger partial charge in [0.25, 0.3) is 10.1 Å². The van der Waals surface area contributed by atoms with E-state index in [1.54, 1.807) is 17.0 Å². The van der Waals surface area contributed by atoms with Gasteiger partial charge in [-0.05, 0) is 68.8 Å². The van der Waals surface area contributed by atoms with Crippen LogP contribution in [0.25, 0.3) is 0 Å². The molecule has 9 nitrogen and oxygen atoms in total. The Labute approximate surface area is 205 Å². The third-order valence-electron chi connectivity index (χ3n) is 6.51. The molecule has 0 saturated carbocycles. The number of likely N-dealkylation sites (tertiary alicyclic amines) is 1. The topological polar surface area (TPSA) is 129 Å². The van der Waals surface area contributed by atoms with Crippen LogP contribution >= 0.6 is 0 Å². The molecule has 2 saturated heterocycles. The summed E-state index contributed by atoms with van der Waals surface area (Å²) in [5.41, 5.74) is 2.10. The second-order valence-electron chi connectivity index (χ2n) is 9.02. The summed E-state index contributed by atoms with van der Waals surface area (Å²) in [6.07, 6.45) is 3.39. The molecule has 0 aromatic heterocycles. The smallest absolute Gasteiger partial charge is 0.294 e. The third kappa shape index (κ3) is 5.93. The van der Waals surface area contributed by atoms with Crippen molar-refractivity contribution in [2.45, 2.75) is 49.6 Å². The van der Waals surface area contributed by atoms with Crippen molar-refractivity contribution in [3.05, 3.63) is 53.6 Å². The normalized spacial score (nSPS) is 22.9. The Balaban J connectivity index is 0.000000221. The van der Waals surface area contributed by atoms with Gasteiger partial charge in [-0.1, -0.05) is 29.8 Å². The summed E-state index contributed by atoms with van der Waals surface area (Å²) in [6.45, 7) is 3.64. The molecule has 0 radical (unpaired) electrons. The Morgan fingerprint density at radius 1 is 1.23 bits per heavy atom. The summed E-state index contributed by atoms with van der Waals surface area (Å²) in [6, 6.07) is 13.8. The molecule has 3 aliphatic rings. The van der Waals surface area contributed by atoms with Crippen molar-refractivity contribution >= 4 is 16.0 Å². The van der Waals surface area contributed by atoms with E-state index in [2.05, 4.69) is 17.5 Å². The van der Waals surface area contributed by atoms with Crippen LogP contribution in [0.5, 0.6) is 11.5 Å². The van der Waals surface area contributed by atoms with E-state index >= 15 is 0 Å². The first-order chi connectivity index (χ1) is 16.8. The molecule has 0 bridgehead atoms. The third-order valence-corrected chi connectivity index (χ3v) is 7.38. The number of ether oxygens (including phenoxy) is 2. The minimum atomic E-state index is -4.02. The fourth-order valence-corrected chi connectivity index (χ4v) is 5.17. The Hall–Kier alpha value is -3.13. The molecule has 0 spiro atoms. The predicted octanol–water partition coefficient (Wildman–Crippen LogP) is 2.69. The number of hydrogen-bond acceptors (Lipinski definition) is 7. The van der Waals surface area contributed by atoms with Crippen molar-refractivity contribution in [1.29, 1.82) is 5.26 Å². The number of rotatable bonds is 4. The van der Waals surface area contributed by atoms with Crippen LogP contribution < -0.4 is 14.8 Å². The number of para-hydroxylation sites is 1. The van der Waals surface area contributed by atoms with Crippen molar-refractivity contribution < 1.29 is 27.2 Å². The van der Waals surface area contributed by atoms with Gasteiger partial charge >= 0.3 is 0 Å². The van der Waals surface area contributed by atoms with Crippen LogP contribution in [0.1, 0.15) is 30.4 Å². The van der Waals surface area contributed by atoms with Crippen molar-refractivity contribution in [2.75, 3.05) is 19.9 Å². The Morgan fingerprint density at radius 2 is 2.00 bits per heavy atom. The van der Waals surface area contributed by atoms with Crippen LogP contribution in [-0.2, 0) is 21.3 Å². The second kappa shape index (κ2) is 10.6. The summed E-state index contributed by atoms with van der Waals surface area (Å²) in [5, 5.41) is 12.5. The highest BCUT2D eigenvalue weighted by Gasteiger charge is 2.37. The van der Waals surface area contributed by atoms with Crippen molar-refractivity contribution in [2.24, 2.45) is 5.92 Å². The van der Waals surface area contributed by atoms with Gasteiger partial charge in [0.1, 0.15) is 6.04 Å². The number of carbonyl (C=O) groups is 1. The Bertz CT molecular complexity index is 1210. The number of nitrogens with one attached hydrogen (secondary N) is 1. The molecule has 5 rings (SSSR count). The summed E-state index contributed by atoms with van der Waals surface area (Å²) in [5.74, 6) is 2.12. The SMILES string of the molecule is Cc1ccc(S(=O)(=O)O)cc1.N#C[C@@H]1CCCN1C(=O)C1CC(Cc2cccc3c2OCO3)CN1. The molecule has 1 amide bonds. The minimum absolute atomic E-state index is 0.0666. The van der Waals surface area contributed by atoms with E-state index < -0.39 is 10.1 Å². The van der Waals surface area contributed by atoms with Crippen molar-refractivity contribution in [3.63, 3.8) is 0 Å². The average molecular weight is 500 g/mol. The summed E-state index contributed by atoms with van der Waals surface area (Å²) < 4.78 is 40.5. The highest BCUT2D eigenvalue weighted by Crippen LogP contribution is 2.37. The molecular weight excluding hydrogens is 470 g/mol. The largest absolute Gasteiger partial charge is 0.454 e. The number of amides is 1. The van der Waals surface area contributed by atoms with Gasteiger partial charge in [-0.15, -0.1) is 0 Å². The molecule has 35 heavy (non-hydrogen) atoms. The molecule has 2 aromatic rings. The number of nitrogens with zero attached hydrogens (tertiary/aromatic N) is 2. The van der Waals surface area contributed by atoms with Crippen molar-refractivity contribution in [3.8, 4) is 17.6 Å². The Morgan fingerprint density at radius 3 is 2.71 bits per heavy atom. The van der Waals surface area contributed by atoms with E-state index in [0.717, 1.165) is 54.9 Å². The zero-order valence-corrected chi connectivity index (χ0v) is 20.3. The predicted molar refractivity (Wildman–Crippen MR) is 128 cm³/mol. The molecule has 10 heteroatoms. The fraction of sp³-hybridized carbons (Fsp3) is 0.440. The van der Waals surface area contributed by atoms with Crippen molar-refractivity contribution in [1.82, 2.24) is 10.2 Å². The molecule has 3 atom stereocenters. The van der Waals surface area contributed by atoms with Gasteiger partial charge in [0.05, 0.1) is 17.0 Å². The van der Waals surface area contributed by atoms with Gasteiger partial charge in [0.2, 0.25) is 12.7 Å². The number of nitriles is 1. The lowest BCUT2D eigenvalue weighted by molar-refractivity contribution is -0.133. The summed E-state index contributed by atoms with van der Waals surface area (Å²) in [7, 11) is -4.02. The maximum absolute atomic E-state index is 12.7. The quantitative estimate of drug-likeness (QED) is 0.615. The first-order valence-corrected chi connectivity index (χ1v) is 13.1. The van der Waals surface area contributed by atoms with E-state index in [4.69, 9.17) is 14.0 Å². The van der Waals surface area contributed by atoms with E-state index in [0.29, 0.717) is 12.5 Å². The molecule has 186 valence electrons. The fourth-order valence-electron chi connectivity index (χ4n) is 4.69. The van der Waals surface area contributed by atoms with E-state index in [-0.39, 0.29) is 29.7 Å². The number of aryl methyl sites for hydroxylation is 1. The van der Waals surface area contributed by atoms with Gasteiger partial charge in [-0.2, -0.15) is 13.7 Å². The maximum atomic E-state index is 12.7. The first kappa shape index (κ1) is 25.0. The minimum Gasteiger partial charge on any atom is -0.454 e. The zero-order chi connectivity index (χ0) is 25.0. The molecule has 2 aromatic carbocycles. The molecule has 3 aliphatic heterocycles. The van der Waals surface area contributed by atoms with Gasteiger partial charge in [-0.25, -0.2) is 0 Å². The van der Waals surface area contributed by atoms with Crippen LogP contribution in [0.3, 0.4) is 0 Å². The number of hydrogen-bond donors (Lipinski definition) is 2. The summed E-state index contributed by atoms with van der Waals surface area (Å²) >= 11 is 0. The van der Waals surface area contributed by atoms with Crippen LogP contribution in [0.15, 0.2) is 47.4 Å². The van der Waals surface area contributed by atoms with E-state index in [1.807, 2.05) is 19.1 Å². The lowest BCUT2D eigenvalue weighted by atomic mass is 9.95. The van der Waals surface area contributed by atoms with Crippen LogP contribution in [0.4, 0.5) is 0 Å². The van der Waals surface area contributed by atoms with Gasteiger partial charge in [0, 0.05) is 6.54 Å². The molecule has 2 unspecified atom stereocenters. The monoisotopic (exact) mass is 499 g/mol. The highest BCUT2D eigenvalue weighted by molar-refractivity contribution is 7.85. The maximum Gasteiger partial charge on any atom is 0.294 e. The number of fused-ring (bicyclic) bond motifs is 1. The lowest BCUT2D eigenvalue weighted by Crippen LogP contribution is -2.45. The average Bonchev–Trinajstić information content (AvgIpc) is 3.59. The molecular formula is C25H29N3O6S. The lowest BCUT2D eigenvalue weighted by Gasteiger charge is -2.23. The van der Waals surface area contributed by atoms with E-state index in [9.17, 15) is 18.5 Å². The molecule has 2 N–H and O–H groups in total. The van der Waals surface area contributed by atoms with E-state index in [1.165, 1.54) is 12.1 Å². The standard InChI is InChI=1S/C18H21N3O3.C7H8O3S/c19-9-14-4-2-6-21(14)18(22)15-8-12(10-20-15)7-13-3-1-5-16-17(13)24-11-23-16;1-6-2-4-7(5-3-6)11(8,9)10/h1,3,5,12,14-15,20H,2,4,6-8,10-11H2;2-5H,1H3,(H,8,9,10)/t12?,14-,15?;/m0./s1. The number of carbonyl (C=O) groups excluding carboxylic acids is 1. The Kier molecular flexibility index (Phi) is 7.60. The van der Waals surface area contributed by atoms with Gasteiger partial charge in [0.15, 0.2) is 11.5 Å². The second-order valence-corrected chi connectivity index (χ2v) is 10.4. The number of benzene rings is 2. The van der Waals surface area contributed by atoms with Gasteiger partial charge in [-0.3, -0.25) is 9.35 Å². The van der Waals surface area contributed by atoms with Crippen LogP contribution in [0, 0.1) is 24.2 Å². The summed E-state index contributed by atoms with van der Waals surface area (Å²) in [4.78, 5) is 14.4. The van der Waals surface area contributed by atoms with Gasteiger partial charge < -0.3 is 19.7 Å². The molecule has 2 fully saturated rings.